The van der Waals surface area contributed by atoms with Gasteiger partial charge in [0.25, 0.3) is 10.0 Å². The summed E-state index contributed by atoms with van der Waals surface area (Å²) < 4.78 is 66.6. The van der Waals surface area contributed by atoms with Gasteiger partial charge in [0, 0.05) is 47.4 Å². The van der Waals surface area contributed by atoms with Crippen molar-refractivity contribution >= 4 is 38.9 Å². The van der Waals surface area contributed by atoms with Crippen LogP contribution < -0.4 is 14.5 Å². The summed E-state index contributed by atoms with van der Waals surface area (Å²) in [5.74, 6) is -0.231. The fourth-order valence-electron chi connectivity index (χ4n) is 3.94. The predicted octanol–water partition coefficient (Wildman–Crippen LogP) is 5.90. The molecular weight excluding hydrogens is 557 g/mol. The number of aryl methyl sites for hydroxylation is 1. The number of alkyl halides is 3. The highest BCUT2D eigenvalue weighted by Crippen LogP contribution is 2.39. The van der Waals surface area contributed by atoms with E-state index in [-0.39, 0.29) is 17.2 Å². The first-order chi connectivity index (χ1) is 19.2. The molecule has 0 fully saturated rings. The second kappa shape index (κ2) is 11.1. The van der Waals surface area contributed by atoms with Crippen LogP contribution in [0.2, 0.25) is 0 Å². The standard InChI is InChI=1S/C28H26F3N6O3S/c1-5-41(39,40)36-24-11-10-21(16-22(24)28(29,30)31)37(3,4)26(38)19-9-8-18(2)25(15-19)35-27-33-14-12-23(34-27)20-7-6-13-32-17-20/h5-17,36H,1H2,2-4H3,(H,33,34,35)/q+1. The number of anilines is 3. The molecule has 2 N–H and O–H groups in total. The molecule has 41 heavy (non-hydrogen) atoms. The van der Waals surface area contributed by atoms with E-state index in [4.69, 9.17) is 0 Å². The number of nitrogens with zero attached hydrogens (tertiary/aromatic N) is 4. The number of amides is 1. The number of rotatable bonds is 8. The molecule has 4 rings (SSSR count). The minimum absolute atomic E-state index is 0.00790. The number of benzene rings is 2. The smallest absolute Gasteiger partial charge is 0.324 e. The Morgan fingerprint density at radius 3 is 2.44 bits per heavy atom. The lowest BCUT2D eigenvalue weighted by Crippen LogP contribution is -2.46. The molecule has 1 amide bonds. The molecule has 2 aromatic heterocycles. The average Bonchev–Trinajstić information content (AvgIpc) is 2.94. The Balaban J connectivity index is 1.66. The van der Waals surface area contributed by atoms with Gasteiger partial charge in [-0.15, -0.1) is 0 Å². The average molecular weight is 584 g/mol. The molecule has 2 heterocycles. The zero-order chi connectivity index (χ0) is 30.0. The van der Waals surface area contributed by atoms with Crippen molar-refractivity contribution in [2.45, 2.75) is 13.1 Å². The normalized spacial score (nSPS) is 12.0. The number of hydrogen-bond acceptors (Lipinski definition) is 7. The first kappa shape index (κ1) is 29.4. The highest BCUT2D eigenvalue weighted by Gasteiger charge is 2.38. The summed E-state index contributed by atoms with van der Waals surface area (Å²) in [4.78, 5) is 26.5. The fourth-order valence-corrected chi connectivity index (χ4v) is 4.51. The van der Waals surface area contributed by atoms with Crippen molar-refractivity contribution in [2.75, 3.05) is 24.1 Å². The van der Waals surface area contributed by atoms with Crippen molar-refractivity contribution in [3.8, 4) is 11.3 Å². The molecule has 0 radical (unpaired) electrons. The van der Waals surface area contributed by atoms with Gasteiger partial charge in [0.1, 0.15) is 5.69 Å². The SMILES string of the molecule is C=CS(=O)(=O)Nc1ccc([N+](C)(C)C(=O)c2ccc(C)c(Nc3nccc(-c4cccnc4)n3)c2)cc1C(F)(F)F. The van der Waals surface area contributed by atoms with Crippen LogP contribution in [-0.2, 0) is 16.2 Å². The quantitative estimate of drug-likeness (QED) is 0.248. The Bertz CT molecular complexity index is 1730. The van der Waals surface area contributed by atoms with Crippen LogP contribution in [0.5, 0.6) is 0 Å². The van der Waals surface area contributed by atoms with E-state index in [2.05, 4.69) is 26.8 Å². The maximum atomic E-state index is 13.9. The van der Waals surface area contributed by atoms with Gasteiger partial charge in [-0.05, 0) is 48.9 Å². The number of nitrogens with one attached hydrogen (secondary N) is 2. The Labute approximate surface area is 235 Å². The number of aromatic nitrogens is 3. The monoisotopic (exact) mass is 583 g/mol. The number of sulfonamides is 1. The van der Waals surface area contributed by atoms with E-state index in [1.807, 2.05) is 17.7 Å². The van der Waals surface area contributed by atoms with Gasteiger partial charge in [-0.2, -0.15) is 13.2 Å². The molecule has 0 atom stereocenters. The van der Waals surface area contributed by atoms with Crippen LogP contribution in [0.15, 0.2) is 85.2 Å². The number of carbonyl (C=O) groups excluding carboxylic acids is 1. The van der Waals surface area contributed by atoms with Crippen molar-refractivity contribution < 1.29 is 26.4 Å². The second-order valence-electron chi connectivity index (χ2n) is 9.46. The van der Waals surface area contributed by atoms with Crippen LogP contribution in [0, 0.1) is 6.92 Å². The molecule has 0 aliphatic heterocycles. The highest BCUT2D eigenvalue weighted by molar-refractivity contribution is 7.95. The second-order valence-corrected chi connectivity index (χ2v) is 11.1. The summed E-state index contributed by atoms with van der Waals surface area (Å²) in [7, 11) is -1.31. The lowest BCUT2D eigenvalue weighted by atomic mass is 10.1. The van der Waals surface area contributed by atoms with Gasteiger partial charge in [0.2, 0.25) is 5.95 Å². The van der Waals surface area contributed by atoms with Crippen LogP contribution in [0.25, 0.3) is 11.3 Å². The van der Waals surface area contributed by atoms with Crippen LogP contribution in [0.3, 0.4) is 0 Å². The summed E-state index contributed by atoms with van der Waals surface area (Å²) in [5, 5.41) is 3.62. The molecule has 0 spiro atoms. The predicted molar refractivity (Wildman–Crippen MR) is 152 cm³/mol. The highest BCUT2D eigenvalue weighted by atomic mass is 32.2. The molecule has 0 saturated heterocycles. The maximum Gasteiger partial charge on any atom is 0.418 e. The Kier molecular flexibility index (Phi) is 7.95. The van der Waals surface area contributed by atoms with Gasteiger partial charge in [-0.25, -0.2) is 27.7 Å². The third-order valence-corrected chi connectivity index (χ3v) is 7.22. The number of carbonyl (C=O) groups is 1. The minimum Gasteiger partial charge on any atom is -0.324 e. The van der Waals surface area contributed by atoms with E-state index in [1.165, 1.54) is 20.2 Å². The number of halogens is 3. The van der Waals surface area contributed by atoms with E-state index in [0.717, 1.165) is 23.3 Å². The first-order valence-electron chi connectivity index (χ1n) is 12.1. The van der Waals surface area contributed by atoms with Gasteiger partial charge in [-0.1, -0.05) is 12.6 Å². The van der Waals surface area contributed by atoms with Gasteiger partial charge in [0.05, 0.1) is 36.6 Å². The topological polar surface area (TPSA) is 114 Å². The third-order valence-electron chi connectivity index (χ3n) is 6.28. The van der Waals surface area contributed by atoms with E-state index < -0.39 is 37.8 Å². The zero-order valence-electron chi connectivity index (χ0n) is 22.3. The van der Waals surface area contributed by atoms with Crippen LogP contribution in [0.4, 0.5) is 36.2 Å². The molecule has 4 aromatic rings. The molecule has 0 unspecified atom stereocenters. The summed E-state index contributed by atoms with van der Waals surface area (Å²) in [5.41, 5.74) is 1.03. The van der Waals surface area contributed by atoms with E-state index in [1.54, 1.807) is 48.9 Å². The van der Waals surface area contributed by atoms with Gasteiger partial charge in [0.15, 0.2) is 0 Å². The van der Waals surface area contributed by atoms with Crippen molar-refractivity contribution in [1.29, 1.82) is 0 Å². The van der Waals surface area contributed by atoms with Gasteiger partial charge >= 0.3 is 12.1 Å². The number of hydrogen-bond donors (Lipinski definition) is 2. The molecule has 0 saturated carbocycles. The lowest BCUT2D eigenvalue weighted by molar-refractivity contribution is -0.136. The van der Waals surface area contributed by atoms with E-state index in [9.17, 15) is 26.4 Å². The van der Waals surface area contributed by atoms with E-state index in [0.29, 0.717) is 16.8 Å². The molecular formula is C28H26F3N6O3S+. The molecule has 0 aliphatic carbocycles. The first-order valence-corrected chi connectivity index (χ1v) is 13.6. The molecule has 0 aliphatic rings. The molecule has 212 valence electrons. The summed E-state index contributed by atoms with van der Waals surface area (Å²) in [6.07, 6.45) is 0.00248. The van der Waals surface area contributed by atoms with Crippen molar-refractivity contribution in [3.05, 3.63) is 102 Å². The van der Waals surface area contributed by atoms with Crippen LogP contribution in [-0.4, -0.2) is 43.4 Å². The number of pyridine rings is 1. The molecule has 13 heteroatoms. The van der Waals surface area contributed by atoms with E-state index >= 15 is 0 Å². The summed E-state index contributed by atoms with van der Waals surface area (Å²) in [6, 6.07) is 13.2. The van der Waals surface area contributed by atoms with Crippen molar-refractivity contribution in [2.24, 2.45) is 0 Å². The largest absolute Gasteiger partial charge is 0.418 e. The third kappa shape index (κ3) is 6.58. The Hall–Kier alpha value is -4.62. The van der Waals surface area contributed by atoms with Gasteiger partial charge in [-0.3, -0.25) is 9.71 Å². The minimum atomic E-state index is -4.90. The Morgan fingerprint density at radius 1 is 1.02 bits per heavy atom. The zero-order valence-corrected chi connectivity index (χ0v) is 23.1. The number of quaternary nitrogens is 1. The lowest BCUT2D eigenvalue weighted by Gasteiger charge is -2.28. The summed E-state index contributed by atoms with van der Waals surface area (Å²) in [6.45, 7) is 4.92. The van der Waals surface area contributed by atoms with Gasteiger partial charge < -0.3 is 5.32 Å². The molecule has 0 bridgehead atoms. The molecule has 9 nitrogen and oxygen atoms in total. The Morgan fingerprint density at radius 2 is 1.78 bits per heavy atom. The van der Waals surface area contributed by atoms with Crippen LogP contribution >= 0.6 is 0 Å². The van der Waals surface area contributed by atoms with Crippen molar-refractivity contribution in [1.82, 2.24) is 19.4 Å². The summed E-state index contributed by atoms with van der Waals surface area (Å²) >= 11 is 0. The maximum absolute atomic E-state index is 13.9. The van der Waals surface area contributed by atoms with Crippen molar-refractivity contribution in [3.63, 3.8) is 0 Å². The fraction of sp³-hybridized carbons (Fsp3) is 0.143. The molecule has 2 aromatic carbocycles. The van der Waals surface area contributed by atoms with Crippen LogP contribution in [0.1, 0.15) is 21.5 Å².